The maximum atomic E-state index is 13.8. The van der Waals surface area contributed by atoms with E-state index in [-0.39, 0.29) is 42.6 Å². The number of halogens is 2. The fraction of sp³-hybridized carbons (Fsp3) is 0.238. The van der Waals surface area contributed by atoms with Crippen LogP contribution in [0, 0.1) is 25.5 Å². The van der Waals surface area contributed by atoms with Gasteiger partial charge in [0.2, 0.25) is 0 Å². The third-order valence-corrected chi connectivity index (χ3v) is 3.97. The Balaban J connectivity index is 1.54. The smallest absolute Gasteiger partial charge is 0.306 e. The van der Waals surface area contributed by atoms with Crippen molar-refractivity contribution in [2.75, 3.05) is 0 Å². The van der Waals surface area contributed by atoms with Crippen LogP contribution in [0.5, 0.6) is 0 Å². The normalized spacial score (nSPS) is 10.8. The SMILES string of the molecule is Cc1cc(C)cc(COC(=O)CCc2ncc(-c3ccc(F)cc3F)o2)c1. The summed E-state index contributed by atoms with van der Waals surface area (Å²) in [5, 5.41) is 0. The number of aryl methyl sites for hydroxylation is 3. The Morgan fingerprint density at radius 3 is 2.56 bits per heavy atom. The van der Waals surface area contributed by atoms with E-state index >= 15 is 0 Å². The van der Waals surface area contributed by atoms with Crippen LogP contribution in [0.1, 0.15) is 29.0 Å². The van der Waals surface area contributed by atoms with Gasteiger partial charge >= 0.3 is 5.97 Å². The van der Waals surface area contributed by atoms with E-state index in [0.717, 1.165) is 28.8 Å². The summed E-state index contributed by atoms with van der Waals surface area (Å²) in [6.45, 7) is 4.18. The first kappa shape index (κ1) is 18.8. The van der Waals surface area contributed by atoms with Crippen molar-refractivity contribution in [3.05, 3.63) is 76.8 Å². The average molecular weight is 371 g/mol. The van der Waals surface area contributed by atoms with Gasteiger partial charge in [-0.05, 0) is 31.5 Å². The average Bonchev–Trinajstić information content (AvgIpc) is 3.06. The molecule has 0 amide bonds. The molecule has 0 aliphatic heterocycles. The molecular weight excluding hydrogens is 352 g/mol. The van der Waals surface area contributed by atoms with Crippen LogP contribution in [0.2, 0.25) is 0 Å². The topological polar surface area (TPSA) is 52.3 Å². The second-order valence-corrected chi connectivity index (χ2v) is 6.40. The van der Waals surface area contributed by atoms with E-state index < -0.39 is 11.6 Å². The zero-order valence-electron chi connectivity index (χ0n) is 15.1. The molecule has 6 heteroatoms. The Labute approximate surface area is 155 Å². The van der Waals surface area contributed by atoms with Crippen LogP contribution in [0.15, 0.2) is 47.0 Å². The van der Waals surface area contributed by atoms with E-state index in [1.165, 1.54) is 12.3 Å². The Hall–Kier alpha value is -3.02. The van der Waals surface area contributed by atoms with E-state index in [2.05, 4.69) is 11.1 Å². The van der Waals surface area contributed by atoms with Gasteiger partial charge in [0.15, 0.2) is 11.7 Å². The number of ether oxygens (including phenoxy) is 1. The van der Waals surface area contributed by atoms with Crippen molar-refractivity contribution in [3.63, 3.8) is 0 Å². The van der Waals surface area contributed by atoms with Crippen molar-refractivity contribution in [1.82, 2.24) is 4.98 Å². The van der Waals surface area contributed by atoms with Crippen LogP contribution in [-0.2, 0) is 22.6 Å². The van der Waals surface area contributed by atoms with Crippen molar-refractivity contribution in [1.29, 1.82) is 0 Å². The highest BCUT2D eigenvalue weighted by atomic mass is 19.1. The van der Waals surface area contributed by atoms with Crippen LogP contribution in [-0.4, -0.2) is 11.0 Å². The van der Waals surface area contributed by atoms with Crippen molar-refractivity contribution < 1.29 is 22.7 Å². The number of hydrogen-bond donors (Lipinski definition) is 0. The molecule has 3 rings (SSSR count). The zero-order valence-corrected chi connectivity index (χ0v) is 15.1. The largest absolute Gasteiger partial charge is 0.461 e. The highest BCUT2D eigenvalue weighted by Gasteiger charge is 2.13. The Kier molecular flexibility index (Phi) is 5.64. The first-order valence-corrected chi connectivity index (χ1v) is 8.53. The number of oxazole rings is 1. The number of rotatable bonds is 6. The number of hydrogen-bond acceptors (Lipinski definition) is 4. The lowest BCUT2D eigenvalue weighted by molar-refractivity contribution is -0.145. The molecule has 0 saturated carbocycles. The molecule has 27 heavy (non-hydrogen) atoms. The number of nitrogens with zero attached hydrogens (tertiary/aromatic N) is 1. The third kappa shape index (κ3) is 5.00. The molecule has 3 aromatic rings. The zero-order chi connectivity index (χ0) is 19.4. The first-order chi connectivity index (χ1) is 12.9. The second kappa shape index (κ2) is 8.12. The summed E-state index contributed by atoms with van der Waals surface area (Å²) in [7, 11) is 0. The van der Waals surface area contributed by atoms with Gasteiger partial charge < -0.3 is 9.15 Å². The van der Waals surface area contributed by atoms with Gasteiger partial charge in [-0.3, -0.25) is 4.79 Å². The lowest BCUT2D eigenvalue weighted by Gasteiger charge is -2.06. The number of carbonyl (C=O) groups excluding carboxylic acids is 1. The maximum absolute atomic E-state index is 13.8. The summed E-state index contributed by atoms with van der Waals surface area (Å²) >= 11 is 0. The van der Waals surface area contributed by atoms with Crippen LogP contribution in [0.3, 0.4) is 0 Å². The van der Waals surface area contributed by atoms with E-state index in [9.17, 15) is 13.6 Å². The van der Waals surface area contributed by atoms with Gasteiger partial charge in [0.1, 0.15) is 18.2 Å². The van der Waals surface area contributed by atoms with Crippen molar-refractivity contribution in [2.24, 2.45) is 0 Å². The lowest BCUT2D eigenvalue weighted by Crippen LogP contribution is -2.06. The summed E-state index contributed by atoms with van der Waals surface area (Å²) in [4.78, 5) is 16.0. The third-order valence-electron chi connectivity index (χ3n) is 3.97. The number of aromatic nitrogens is 1. The molecule has 2 aromatic carbocycles. The fourth-order valence-electron chi connectivity index (χ4n) is 2.84. The lowest BCUT2D eigenvalue weighted by atomic mass is 10.1. The summed E-state index contributed by atoms with van der Waals surface area (Å²) in [5.74, 6) is -1.29. The number of carbonyl (C=O) groups is 1. The minimum Gasteiger partial charge on any atom is -0.461 e. The van der Waals surface area contributed by atoms with E-state index in [1.807, 2.05) is 26.0 Å². The summed E-state index contributed by atoms with van der Waals surface area (Å²) in [6, 6.07) is 9.20. The monoisotopic (exact) mass is 371 g/mol. The van der Waals surface area contributed by atoms with E-state index in [0.29, 0.717) is 0 Å². The summed E-state index contributed by atoms with van der Waals surface area (Å²) in [6.07, 6.45) is 1.68. The van der Waals surface area contributed by atoms with E-state index in [4.69, 9.17) is 9.15 Å². The van der Waals surface area contributed by atoms with Gasteiger partial charge in [0.25, 0.3) is 0 Å². The molecule has 0 bridgehead atoms. The van der Waals surface area contributed by atoms with Crippen LogP contribution in [0.4, 0.5) is 8.78 Å². The minimum absolute atomic E-state index is 0.0939. The molecule has 0 aliphatic carbocycles. The van der Waals surface area contributed by atoms with Gasteiger partial charge in [-0.15, -0.1) is 0 Å². The van der Waals surface area contributed by atoms with Gasteiger partial charge in [-0.2, -0.15) is 0 Å². The highest BCUT2D eigenvalue weighted by molar-refractivity contribution is 5.69. The first-order valence-electron chi connectivity index (χ1n) is 8.53. The number of benzene rings is 2. The van der Waals surface area contributed by atoms with Gasteiger partial charge in [-0.25, -0.2) is 13.8 Å². The molecule has 0 radical (unpaired) electrons. The molecule has 0 fully saturated rings. The van der Waals surface area contributed by atoms with Crippen LogP contribution in [0.25, 0.3) is 11.3 Å². The number of esters is 1. The van der Waals surface area contributed by atoms with E-state index in [1.54, 1.807) is 0 Å². The molecule has 0 saturated heterocycles. The fourth-order valence-corrected chi connectivity index (χ4v) is 2.84. The van der Waals surface area contributed by atoms with Crippen molar-refractivity contribution >= 4 is 5.97 Å². The van der Waals surface area contributed by atoms with Gasteiger partial charge in [0.05, 0.1) is 18.2 Å². The molecular formula is C21H19F2NO3. The Bertz CT molecular complexity index is 946. The highest BCUT2D eigenvalue weighted by Crippen LogP contribution is 2.24. The standard InChI is InChI=1S/C21H19F2NO3/c1-13-7-14(2)9-15(8-13)12-26-21(25)6-5-20-24-11-19(27-20)17-4-3-16(22)10-18(17)23/h3-4,7-11H,5-6,12H2,1-2H3. The molecule has 0 atom stereocenters. The molecule has 1 heterocycles. The molecule has 1 aromatic heterocycles. The maximum Gasteiger partial charge on any atom is 0.306 e. The molecule has 140 valence electrons. The van der Waals surface area contributed by atoms with Crippen LogP contribution >= 0.6 is 0 Å². The van der Waals surface area contributed by atoms with Crippen LogP contribution < -0.4 is 0 Å². The molecule has 0 spiro atoms. The van der Waals surface area contributed by atoms with Crippen molar-refractivity contribution in [2.45, 2.75) is 33.3 Å². The second-order valence-electron chi connectivity index (χ2n) is 6.40. The molecule has 0 unspecified atom stereocenters. The van der Waals surface area contributed by atoms with Gasteiger partial charge in [0, 0.05) is 12.5 Å². The molecule has 4 nitrogen and oxygen atoms in total. The molecule has 0 aliphatic rings. The Morgan fingerprint density at radius 1 is 1.11 bits per heavy atom. The van der Waals surface area contributed by atoms with Gasteiger partial charge in [-0.1, -0.05) is 29.3 Å². The predicted molar refractivity (Wildman–Crippen MR) is 95.9 cm³/mol. The predicted octanol–water partition coefficient (Wildman–Crippen LogP) is 4.91. The summed E-state index contributed by atoms with van der Waals surface area (Å²) < 4.78 is 37.5. The molecule has 0 N–H and O–H groups in total. The van der Waals surface area contributed by atoms with Crippen molar-refractivity contribution in [3.8, 4) is 11.3 Å². The Morgan fingerprint density at radius 2 is 1.85 bits per heavy atom. The quantitative estimate of drug-likeness (QED) is 0.578. The summed E-state index contributed by atoms with van der Waals surface area (Å²) in [5.41, 5.74) is 3.28. The minimum atomic E-state index is -0.731.